The summed E-state index contributed by atoms with van der Waals surface area (Å²) in [5.74, 6) is -1.16. The van der Waals surface area contributed by atoms with Gasteiger partial charge in [0.15, 0.2) is 0 Å². The molecule has 0 bridgehead atoms. The highest BCUT2D eigenvalue weighted by Crippen LogP contribution is 2.30. The zero-order valence-electron chi connectivity index (χ0n) is 20.1. The van der Waals surface area contributed by atoms with Gasteiger partial charge in [-0.05, 0) is 47.3 Å². The summed E-state index contributed by atoms with van der Waals surface area (Å²) in [6.45, 7) is 0. The third-order valence-corrected chi connectivity index (χ3v) is 7.35. The molecule has 6 aromatic rings. The highest BCUT2D eigenvalue weighted by atomic mass is 32.1. The Hall–Kier alpha value is -4.82. The van der Waals surface area contributed by atoms with Crippen molar-refractivity contribution in [3.8, 4) is 10.6 Å². The van der Waals surface area contributed by atoms with Crippen molar-refractivity contribution >= 4 is 50.8 Å². The molecule has 0 saturated heterocycles. The molecule has 0 spiro atoms. The van der Waals surface area contributed by atoms with Crippen LogP contribution in [0.2, 0.25) is 0 Å². The minimum atomic E-state index is -0.906. The van der Waals surface area contributed by atoms with Crippen LogP contribution in [-0.4, -0.2) is 31.5 Å². The van der Waals surface area contributed by atoms with Crippen LogP contribution in [0.3, 0.4) is 0 Å². The summed E-state index contributed by atoms with van der Waals surface area (Å²) in [4.78, 5) is 35.5. The van der Waals surface area contributed by atoms with Crippen molar-refractivity contribution in [2.45, 2.75) is 12.5 Å². The molecule has 6 rings (SSSR count). The van der Waals surface area contributed by atoms with Crippen molar-refractivity contribution in [3.05, 3.63) is 114 Å². The van der Waals surface area contributed by atoms with E-state index in [1.54, 1.807) is 23.7 Å². The number of imidazole rings is 1. The summed E-state index contributed by atoms with van der Waals surface area (Å²) in [7, 11) is 0. The van der Waals surface area contributed by atoms with Gasteiger partial charge in [0.25, 0.3) is 5.91 Å². The van der Waals surface area contributed by atoms with Crippen LogP contribution in [0.5, 0.6) is 0 Å². The van der Waals surface area contributed by atoms with E-state index >= 15 is 0 Å². The van der Waals surface area contributed by atoms with Crippen molar-refractivity contribution in [1.29, 1.82) is 0 Å². The van der Waals surface area contributed by atoms with E-state index in [4.69, 9.17) is 4.98 Å². The molecular weight excluding hydrogens is 496 g/mol. The van der Waals surface area contributed by atoms with Crippen molar-refractivity contribution < 1.29 is 14.7 Å². The van der Waals surface area contributed by atoms with Gasteiger partial charge < -0.3 is 15.0 Å². The van der Waals surface area contributed by atoms with E-state index in [2.05, 4.69) is 10.3 Å². The van der Waals surface area contributed by atoms with E-state index in [0.29, 0.717) is 16.8 Å². The fraction of sp³-hybridized carbons (Fsp3) is 0.0667. The first-order valence-electron chi connectivity index (χ1n) is 12.0. The number of carbonyl (C=O) groups is 2. The summed E-state index contributed by atoms with van der Waals surface area (Å²) in [5.41, 5.74) is 4.92. The number of benzene rings is 3. The molecule has 7 nitrogen and oxygen atoms in total. The Balaban J connectivity index is 1.38. The van der Waals surface area contributed by atoms with Gasteiger partial charge in [-0.3, -0.25) is 9.59 Å². The Morgan fingerprint density at radius 3 is 2.53 bits per heavy atom. The molecule has 3 heterocycles. The quantitative estimate of drug-likeness (QED) is 0.247. The molecule has 0 radical (unpaired) electrons. The topological polar surface area (TPSA) is 97.1 Å². The molecule has 8 heteroatoms. The molecule has 0 aliphatic carbocycles. The van der Waals surface area contributed by atoms with Crippen LogP contribution in [0.1, 0.15) is 28.4 Å². The minimum Gasteiger partial charge on any atom is -0.481 e. The number of anilines is 1. The highest BCUT2D eigenvalue weighted by Gasteiger charge is 2.20. The van der Waals surface area contributed by atoms with Gasteiger partial charge in [-0.1, -0.05) is 54.6 Å². The maximum Gasteiger partial charge on any atom is 0.305 e. The van der Waals surface area contributed by atoms with E-state index in [9.17, 15) is 14.7 Å². The molecule has 0 aliphatic rings. The third kappa shape index (κ3) is 4.53. The zero-order chi connectivity index (χ0) is 26.1. The summed E-state index contributed by atoms with van der Waals surface area (Å²) in [6, 6.07) is 27.9. The van der Waals surface area contributed by atoms with Crippen molar-refractivity contribution in [1.82, 2.24) is 14.5 Å². The van der Waals surface area contributed by atoms with E-state index in [0.717, 1.165) is 32.6 Å². The van der Waals surface area contributed by atoms with Gasteiger partial charge in [0.1, 0.15) is 0 Å². The number of hydrogen-bond donors (Lipinski definition) is 2. The Bertz CT molecular complexity index is 1780. The number of para-hydroxylation sites is 1. The van der Waals surface area contributed by atoms with Crippen LogP contribution in [0.15, 0.2) is 103 Å². The number of fused-ring (bicyclic) bond motifs is 2. The van der Waals surface area contributed by atoms with Crippen LogP contribution in [0, 0.1) is 0 Å². The van der Waals surface area contributed by atoms with Crippen LogP contribution in [0.25, 0.3) is 32.5 Å². The molecule has 1 atom stereocenters. The predicted octanol–water partition coefficient (Wildman–Crippen LogP) is 6.63. The van der Waals surface area contributed by atoms with Crippen molar-refractivity contribution in [2.75, 3.05) is 5.32 Å². The monoisotopic (exact) mass is 518 g/mol. The number of nitrogens with one attached hydrogen (secondary N) is 1. The second kappa shape index (κ2) is 9.91. The molecule has 38 heavy (non-hydrogen) atoms. The summed E-state index contributed by atoms with van der Waals surface area (Å²) in [6.07, 6.45) is 1.56. The smallest absolute Gasteiger partial charge is 0.305 e. The molecule has 0 saturated carbocycles. The van der Waals surface area contributed by atoms with Crippen LogP contribution in [-0.2, 0) is 4.79 Å². The number of aromatic nitrogens is 3. The Labute approximate surface area is 222 Å². The van der Waals surface area contributed by atoms with Crippen molar-refractivity contribution in [2.24, 2.45) is 0 Å². The molecule has 186 valence electrons. The summed E-state index contributed by atoms with van der Waals surface area (Å²) >= 11 is 1.57. The van der Waals surface area contributed by atoms with E-state index in [1.165, 1.54) is 0 Å². The lowest BCUT2D eigenvalue weighted by atomic mass is 10.0. The first-order chi connectivity index (χ1) is 18.6. The number of carboxylic acids is 1. The Kier molecular flexibility index (Phi) is 6.15. The number of carboxylic acid groups (broad SMARTS) is 1. The normalized spacial score (nSPS) is 12.0. The predicted molar refractivity (Wildman–Crippen MR) is 150 cm³/mol. The molecule has 1 unspecified atom stereocenters. The first-order valence-corrected chi connectivity index (χ1v) is 12.9. The summed E-state index contributed by atoms with van der Waals surface area (Å²) in [5, 5.41) is 15.4. The number of hydrogen-bond acceptors (Lipinski definition) is 5. The SMILES string of the molecule is O=C(O)CC(c1ccccc1)n1cnc2ccc(NC(=O)c3cc(-c4cccs4)nc4ccccc34)cc21. The second-order valence-corrected chi connectivity index (χ2v) is 9.83. The van der Waals surface area contributed by atoms with E-state index in [1.807, 2.05) is 94.9 Å². The third-order valence-electron chi connectivity index (χ3n) is 6.46. The molecule has 0 aliphatic heterocycles. The van der Waals surface area contributed by atoms with Gasteiger partial charge in [-0.25, -0.2) is 9.97 Å². The molecular formula is C30H22N4O3S. The summed E-state index contributed by atoms with van der Waals surface area (Å²) < 4.78 is 1.85. The van der Waals surface area contributed by atoms with Gasteiger partial charge in [0.2, 0.25) is 0 Å². The van der Waals surface area contributed by atoms with Gasteiger partial charge in [-0.2, -0.15) is 0 Å². The number of pyridine rings is 1. The standard InChI is InChI=1S/C30H22N4O3S/c35-29(36)17-26(19-7-2-1-3-8-19)34-18-31-24-13-12-20(15-27(24)34)32-30(37)22-16-25(28-11-6-14-38-28)33-23-10-5-4-9-21(22)23/h1-16,18,26H,17H2,(H,32,37)(H,35,36). The number of thiophene rings is 1. The van der Waals surface area contributed by atoms with Gasteiger partial charge >= 0.3 is 5.97 Å². The highest BCUT2D eigenvalue weighted by molar-refractivity contribution is 7.13. The average Bonchev–Trinajstić information content (AvgIpc) is 3.62. The molecule has 0 fully saturated rings. The number of nitrogens with zero attached hydrogens (tertiary/aromatic N) is 3. The fourth-order valence-corrected chi connectivity index (χ4v) is 5.37. The Morgan fingerprint density at radius 2 is 1.74 bits per heavy atom. The Morgan fingerprint density at radius 1 is 0.921 bits per heavy atom. The van der Waals surface area contributed by atoms with E-state index in [-0.39, 0.29) is 12.3 Å². The molecule has 1 amide bonds. The van der Waals surface area contributed by atoms with Gasteiger partial charge in [0.05, 0.1) is 51.5 Å². The van der Waals surface area contributed by atoms with Crippen LogP contribution < -0.4 is 5.32 Å². The van der Waals surface area contributed by atoms with Gasteiger partial charge in [-0.15, -0.1) is 11.3 Å². The fourth-order valence-electron chi connectivity index (χ4n) is 4.68. The lowest BCUT2D eigenvalue weighted by Crippen LogP contribution is -2.15. The van der Waals surface area contributed by atoms with Crippen LogP contribution in [0.4, 0.5) is 5.69 Å². The van der Waals surface area contributed by atoms with E-state index < -0.39 is 12.0 Å². The number of rotatable bonds is 7. The maximum atomic E-state index is 13.6. The number of carbonyl (C=O) groups excluding carboxylic acids is 1. The molecule has 3 aromatic heterocycles. The maximum absolute atomic E-state index is 13.6. The molecule has 3 aromatic carbocycles. The number of aliphatic carboxylic acids is 1. The lowest BCUT2D eigenvalue weighted by molar-refractivity contribution is -0.137. The first kappa shape index (κ1) is 23.6. The molecule has 2 N–H and O–H groups in total. The average molecular weight is 519 g/mol. The zero-order valence-corrected chi connectivity index (χ0v) is 20.9. The second-order valence-electron chi connectivity index (χ2n) is 8.88. The van der Waals surface area contributed by atoms with Crippen molar-refractivity contribution in [3.63, 3.8) is 0 Å². The number of amides is 1. The van der Waals surface area contributed by atoms with Gasteiger partial charge in [0, 0.05) is 11.1 Å². The lowest BCUT2D eigenvalue weighted by Gasteiger charge is -2.18. The minimum absolute atomic E-state index is 0.0967. The largest absolute Gasteiger partial charge is 0.481 e. The van der Waals surface area contributed by atoms with Crippen LogP contribution >= 0.6 is 11.3 Å².